The van der Waals surface area contributed by atoms with Crippen LogP contribution < -0.4 is 5.73 Å². The molecule has 4 heteroatoms. The van der Waals surface area contributed by atoms with Crippen LogP contribution in [0.2, 0.25) is 0 Å². The van der Waals surface area contributed by atoms with Crippen LogP contribution in [0.15, 0.2) is 16.7 Å². The van der Waals surface area contributed by atoms with Gasteiger partial charge in [0, 0.05) is 19.6 Å². The Labute approximate surface area is 90.0 Å². The van der Waals surface area contributed by atoms with Crippen molar-refractivity contribution in [1.82, 2.24) is 4.90 Å². The van der Waals surface area contributed by atoms with Crippen molar-refractivity contribution in [3.05, 3.63) is 23.7 Å². The maximum Gasteiger partial charge on any atom is 0.256 e. The molecular weight excluding hydrogens is 192 g/mol. The molecule has 0 bridgehead atoms. The smallest absolute Gasteiger partial charge is 0.256 e. The molecular formula is C11H18N2O2. The van der Waals surface area contributed by atoms with Crippen LogP contribution in [0.25, 0.3) is 0 Å². The fourth-order valence-electron chi connectivity index (χ4n) is 1.27. The quantitative estimate of drug-likeness (QED) is 0.817. The number of hydrogen-bond acceptors (Lipinski definition) is 3. The summed E-state index contributed by atoms with van der Waals surface area (Å²) < 4.78 is 5.09. The summed E-state index contributed by atoms with van der Waals surface area (Å²) in [4.78, 5) is 13.5. The fraction of sp³-hybridized carbons (Fsp3) is 0.545. The summed E-state index contributed by atoms with van der Waals surface area (Å²) >= 11 is 0. The van der Waals surface area contributed by atoms with E-state index in [1.165, 1.54) is 6.26 Å². The molecule has 1 aromatic rings. The second-order valence-corrected chi connectivity index (χ2v) is 3.94. The van der Waals surface area contributed by atoms with Gasteiger partial charge in [-0.3, -0.25) is 4.79 Å². The van der Waals surface area contributed by atoms with Crippen LogP contribution in [-0.4, -0.2) is 30.4 Å². The van der Waals surface area contributed by atoms with E-state index in [1.54, 1.807) is 18.0 Å². The normalized spacial score (nSPS) is 12.5. The predicted octanol–water partition coefficient (Wildman–Crippen LogP) is 1.40. The number of furan rings is 1. The lowest BCUT2D eigenvalue weighted by Gasteiger charge is -2.17. The monoisotopic (exact) mass is 210 g/mol. The molecule has 1 unspecified atom stereocenters. The van der Waals surface area contributed by atoms with Gasteiger partial charge in [0.2, 0.25) is 0 Å². The number of nitrogens with two attached hydrogens (primary N) is 1. The Morgan fingerprint density at radius 2 is 2.33 bits per heavy atom. The van der Waals surface area contributed by atoms with E-state index in [-0.39, 0.29) is 11.9 Å². The molecule has 84 valence electrons. The van der Waals surface area contributed by atoms with Gasteiger partial charge in [0.25, 0.3) is 5.91 Å². The Balaban J connectivity index is 2.53. The number of aryl methyl sites for hydroxylation is 1. The minimum atomic E-state index is -0.0208. The lowest BCUT2D eigenvalue weighted by atomic mass is 10.2. The first kappa shape index (κ1) is 11.8. The summed E-state index contributed by atoms with van der Waals surface area (Å²) in [6.07, 6.45) is 2.29. The largest absolute Gasteiger partial charge is 0.469 e. The van der Waals surface area contributed by atoms with Gasteiger partial charge < -0.3 is 15.1 Å². The third kappa shape index (κ3) is 3.40. The number of rotatable bonds is 4. The van der Waals surface area contributed by atoms with Crippen LogP contribution in [0.1, 0.15) is 29.5 Å². The van der Waals surface area contributed by atoms with E-state index < -0.39 is 0 Å². The first-order valence-electron chi connectivity index (χ1n) is 5.07. The molecule has 1 rings (SSSR count). The summed E-state index contributed by atoms with van der Waals surface area (Å²) in [5.74, 6) is 0.728. The van der Waals surface area contributed by atoms with Crippen LogP contribution in [0.4, 0.5) is 0 Å². The second kappa shape index (κ2) is 4.98. The summed E-state index contributed by atoms with van der Waals surface area (Å²) in [5, 5.41) is 0. The van der Waals surface area contributed by atoms with Crippen LogP contribution in [-0.2, 0) is 0 Å². The third-order valence-electron chi connectivity index (χ3n) is 2.24. The summed E-state index contributed by atoms with van der Waals surface area (Å²) in [5.41, 5.74) is 6.22. The van der Waals surface area contributed by atoms with Gasteiger partial charge in [-0.05, 0) is 26.3 Å². The molecule has 15 heavy (non-hydrogen) atoms. The Morgan fingerprint density at radius 3 is 2.80 bits per heavy atom. The Bertz CT molecular complexity index is 331. The van der Waals surface area contributed by atoms with Crippen molar-refractivity contribution in [3.63, 3.8) is 0 Å². The minimum Gasteiger partial charge on any atom is -0.469 e. The summed E-state index contributed by atoms with van der Waals surface area (Å²) in [6.45, 7) is 4.42. The van der Waals surface area contributed by atoms with Gasteiger partial charge in [0.15, 0.2) is 0 Å². The van der Waals surface area contributed by atoms with Gasteiger partial charge in [0.1, 0.15) is 12.0 Å². The maximum absolute atomic E-state index is 11.8. The van der Waals surface area contributed by atoms with Crippen molar-refractivity contribution in [3.8, 4) is 0 Å². The molecule has 0 aliphatic heterocycles. The molecule has 0 aromatic carbocycles. The zero-order valence-corrected chi connectivity index (χ0v) is 9.49. The van der Waals surface area contributed by atoms with Gasteiger partial charge in [-0.15, -0.1) is 0 Å². The van der Waals surface area contributed by atoms with E-state index in [2.05, 4.69) is 0 Å². The molecule has 1 aromatic heterocycles. The molecule has 1 atom stereocenters. The lowest BCUT2D eigenvalue weighted by Crippen LogP contribution is -2.31. The zero-order valence-electron chi connectivity index (χ0n) is 9.49. The molecule has 0 radical (unpaired) electrons. The van der Waals surface area contributed by atoms with Crippen molar-refractivity contribution in [1.29, 1.82) is 0 Å². The van der Waals surface area contributed by atoms with E-state index >= 15 is 0 Å². The van der Waals surface area contributed by atoms with Crippen LogP contribution in [0.5, 0.6) is 0 Å². The Kier molecular flexibility index (Phi) is 3.91. The van der Waals surface area contributed by atoms with E-state index in [9.17, 15) is 4.79 Å². The first-order chi connectivity index (χ1) is 7.00. The highest BCUT2D eigenvalue weighted by atomic mass is 16.3. The zero-order chi connectivity index (χ0) is 11.4. The average Bonchev–Trinajstić information content (AvgIpc) is 2.60. The summed E-state index contributed by atoms with van der Waals surface area (Å²) in [7, 11) is 1.77. The molecule has 0 saturated carbocycles. The summed E-state index contributed by atoms with van der Waals surface area (Å²) in [6, 6.07) is 1.86. The van der Waals surface area contributed by atoms with Crippen molar-refractivity contribution < 1.29 is 9.21 Å². The van der Waals surface area contributed by atoms with Crippen LogP contribution in [0.3, 0.4) is 0 Å². The van der Waals surface area contributed by atoms with Gasteiger partial charge in [0.05, 0.1) is 5.56 Å². The first-order valence-corrected chi connectivity index (χ1v) is 5.07. The van der Waals surface area contributed by atoms with Crippen molar-refractivity contribution in [2.45, 2.75) is 26.3 Å². The molecule has 1 heterocycles. The van der Waals surface area contributed by atoms with Gasteiger partial charge >= 0.3 is 0 Å². The van der Waals surface area contributed by atoms with Gasteiger partial charge in [-0.1, -0.05) is 0 Å². The number of carbonyl (C=O) groups is 1. The van der Waals surface area contributed by atoms with Crippen LogP contribution in [0, 0.1) is 6.92 Å². The molecule has 1 amide bonds. The highest BCUT2D eigenvalue weighted by Gasteiger charge is 2.13. The minimum absolute atomic E-state index is 0.0208. The molecule has 0 aliphatic carbocycles. The van der Waals surface area contributed by atoms with E-state index in [0.29, 0.717) is 12.1 Å². The van der Waals surface area contributed by atoms with Crippen molar-refractivity contribution >= 4 is 5.91 Å². The number of hydrogen-bond donors (Lipinski definition) is 1. The molecule has 2 N–H and O–H groups in total. The lowest BCUT2D eigenvalue weighted by molar-refractivity contribution is 0.0791. The highest BCUT2D eigenvalue weighted by Crippen LogP contribution is 2.09. The Hall–Kier alpha value is -1.29. The number of amides is 1. The van der Waals surface area contributed by atoms with Gasteiger partial charge in [-0.2, -0.15) is 0 Å². The highest BCUT2D eigenvalue weighted by molar-refractivity contribution is 5.93. The average molecular weight is 210 g/mol. The Morgan fingerprint density at radius 1 is 1.67 bits per heavy atom. The fourth-order valence-corrected chi connectivity index (χ4v) is 1.27. The second-order valence-electron chi connectivity index (χ2n) is 3.94. The standard InChI is InChI=1S/C11H18N2O2/c1-8(12)4-5-13(3)11(14)10-6-9(2)15-7-10/h6-8H,4-5,12H2,1-3H3. The van der Waals surface area contributed by atoms with Crippen LogP contribution >= 0.6 is 0 Å². The topological polar surface area (TPSA) is 59.5 Å². The van der Waals surface area contributed by atoms with Gasteiger partial charge in [-0.25, -0.2) is 0 Å². The number of nitrogens with zero attached hydrogens (tertiary/aromatic N) is 1. The molecule has 4 nitrogen and oxygen atoms in total. The van der Waals surface area contributed by atoms with Crippen molar-refractivity contribution in [2.75, 3.05) is 13.6 Å². The third-order valence-corrected chi connectivity index (χ3v) is 2.24. The number of carbonyl (C=O) groups excluding carboxylic acids is 1. The van der Waals surface area contributed by atoms with E-state index in [4.69, 9.17) is 10.2 Å². The SMILES string of the molecule is Cc1cc(C(=O)N(C)CCC(C)N)co1. The maximum atomic E-state index is 11.8. The van der Waals surface area contributed by atoms with E-state index in [1.807, 2.05) is 13.8 Å². The molecule has 0 fully saturated rings. The van der Waals surface area contributed by atoms with E-state index in [0.717, 1.165) is 12.2 Å². The molecule has 0 spiro atoms. The predicted molar refractivity (Wildman–Crippen MR) is 58.7 cm³/mol. The molecule has 0 aliphatic rings. The molecule has 0 saturated heterocycles. The van der Waals surface area contributed by atoms with Crippen molar-refractivity contribution in [2.24, 2.45) is 5.73 Å².